The van der Waals surface area contributed by atoms with Crippen LogP contribution in [0, 0.1) is 6.92 Å². The van der Waals surface area contributed by atoms with E-state index in [0.717, 1.165) is 11.3 Å². The number of benzene rings is 1. The third-order valence-electron chi connectivity index (χ3n) is 3.09. The van der Waals surface area contributed by atoms with Crippen molar-refractivity contribution in [3.8, 4) is 5.88 Å². The normalized spacial score (nSPS) is 11.1. The molecule has 2 aromatic heterocycles. The molecule has 0 aliphatic rings. The molecule has 0 atom stereocenters. The predicted molar refractivity (Wildman–Crippen MR) is 76.5 cm³/mol. The van der Waals surface area contributed by atoms with Gasteiger partial charge in [-0.05, 0) is 24.6 Å². The van der Waals surface area contributed by atoms with E-state index in [-0.39, 0.29) is 23.4 Å². The van der Waals surface area contributed by atoms with Crippen molar-refractivity contribution in [3.05, 3.63) is 62.5 Å². The van der Waals surface area contributed by atoms with Gasteiger partial charge >= 0.3 is 0 Å². The second-order valence-electron chi connectivity index (χ2n) is 4.65. The smallest absolute Gasteiger partial charge is 0.258 e. The Morgan fingerprint density at radius 3 is 2.95 bits per heavy atom. The fourth-order valence-electron chi connectivity index (χ4n) is 2.18. The molecular formula is C14H12ClN3O2. The van der Waals surface area contributed by atoms with Gasteiger partial charge in [-0.2, -0.15) is 9.61 Å². The number of hydrogen-bond acceptors (Lipinski definition) is 3. The van der Waals surface area contributed by atoms with Crippen molar-refractivity contribution < 1.29 is 5.11 Å². The van der Waals surface area contributed by atoms with E-state index in [1.165, 1.54) is 4.52 Å². The molecule has 0 aliphatic heterocycles. The van der Waals surface area contributed by atoms with Crippen molar-refractivity contribution in [2.45, 2.75) is 13.3 Å². The Bertz CT molecular complexity index is 851. The summed E-state index contributed by atoms with van der Waals surface area (Å²) in [6.45, 7) is 1.79. The van der Waals surface area contributed by atoms with Gasteiger partial charge in [-0.1, -0.05) is 23.7 Å². The number of aryl methyl sites for hydroxylation is 1. The lowest BCUT2D eigenvalue weighted by atomic mass is 10.1. The summed E-state index contributed by atoms with van der Waals surface area (Å²) in [4.78, 5) is 14.8. The van der Waals surface area contributed by atoms with Crippen molar-refractivity contribution in [2.24, 2.45) is 0 Å². The number of hydrogen-bond donors (Lipinski definition) is 2. The van der Waals surface area contributed by atoms with Crippen molar-refractivity contribution >= 4 is 17.2 Å². The van der Waals surface area contributed by atoms with Gasteiger partial charge in [0.1, 0.15) is 5.65 Å². The highest BCUT2D eigenvalue weighted by atomic mass is 35.5. The summed E-state index contributed by atoms with van der Waals surface area (Å²) in [5, 5.41) is 15.0. The Balaban J connectivity index is 2.13. The second-order valence-corrected chi connectivity index (χ2v) is 5.08. The Kier molecular flexibility index (Phi) is 2.99. The SMILES string of the molecule is Cc1cc2[nH]c(=O)c(Cc3cccc(Cl)c3)c(O)n2n1. The fourth-order valence-corrected chi connectivity index (χ4v) is 2.39. The average molecular weight is 290 g/mol. The second kappa shape index (κ2) is 4.68. The number of nitrogens with one attached hydrogen (secondary N) is 1. The minimum absolute atomic E-state index is 0.142. The van der Waals surface area contributed by atoms with E-state index >= 15 is 0 Å². The van der Waals surface area contributed by atoms with Crippen LogP contribution in [-0.2, 0) is 6.42 Å². The van der Waals surface area contributed by atoms with Crippen LogP contribution in [0.1, 0.15) is 16.8 Å². The lowest BCUT2D eigenvalue weighted by molar-refractivity contribution is 0.427. The average Bonchev–Trinajstić information content (AvgIpc) is 2.75. The molecule has 0 saturated heterocycles. The van der Waals surface area contributed by atoms with E-state index in [1.54, 1.807) is 31.2 Å². The third-order valence-corrected chi connectivity index (χ3v) is 3.32. The summed E-state index contributed by atoms with van der Waals surface area (Å²) in [6, 6.07) is 8.88. The van der Waals surface area contributed by atoms with Crippen LogP contribution in [0.25, 0.3) is 5.65 Å². The van der Waals surface area contributed by atoms with Crippen molar-refractivity contribution in [2.75, 3.05) is 0 Å². The Hall–Kier alpha value is -2.27. The zero-order valence-electron chi connectivity index (χ0n) is 10.7. The Morgan fingerprint density at radius 1 is 1.40 bits per heavy atom. The number of aromatic nitrogens is 3. The molecule has 0 radical (unpaired) electrons. The molecule has 0 unspecified atom stereocenters. The molecule has 5 nitrogen and oxygen atoms in total. The molecule has 0 saturated carbocycles. The van der Waals surface area contributed by atoms with E-state index in [2.05, 4.69) is 10.1 Å². The summed E-state index contributed by atoms with van der Waals surface area (Å²) in [5.74, 6) is -0.142. The van der Waals surface area contributed by atoms with Crippen molar-refractivity contribution in [1.82, 2.24) is 14.6 Å². The first-order valence-electron chi connectivity index (χ1n) is 6.09. The third kappa shape index (κ3) is 2.16. The number of aromatic hydroxyl groups is 1. The monoisotopic (exact) mass is 289 g/mol. The van der Waals surface area contributed by atoms with Gasteiger partial charge in [-0.25, -0.2) is 0 Å². The first-order chi connectivity index (χ1) is 9.54. The maximum Gasteiger partial charge on any atom is 0.258 e. The number of H-pyrrole nitrogens is 1. The van der Waals surface area contributed by atoms with Crippen LogP contribution in [0.15, 0.2) is 35.1 Å². The summed E-state index contributed by atoms with van der Waals surface area (Å²) >= 11 is 5.92. The molecule has 0 fully saturated rings. The first-order valence-corrected chi connectivity index (χ1v) is 6.47. The number of nitrogens with zero attached hydrogens (tertiary/aromatic N) is 2. The van der Waals surface area contributed by atoms with Gasteiger partial charge in [0.2, 0.25) is 5.88 Å². The molecule has 102 valence electrons. The largest absolute Gasteiger partial charge is 0.493 e. The van der Waals surface area contributed by atoms with Crippen LogP contribution >= 0.6 is 11.6 Å². The van der Waals surface area contributed by atoms with E-state index in [9.17, 15) is 9.90 Å². The van der Waals surface area contributed by atoms with E-state index in [1.807, 2.05) is 6.07 Å². The van der Waals surface area contributed by atoms with Gasteiger partial charge in [0, 0.05) is 17.5 Å². The summed E-state index contributed by atoms with van der Waals surface area (Å²) in [7, 11) is 0. The molecule has 6 heteroatoms. The quantitative estimate of drug-likeness (QED) is 0.760. The van der Waals surface area contributed by atoms with Gasteiger partial charge in [0.25, 0.3) is 5.56 Å². The van der Waals surface area contributed by atoms with E-state index in [4.69, 9.17) is 11.6 Å². The minimum atomic E-state index is -0.324. The Labute approximate surface area is 119 Å². The summed E-state index contributed by atoms with van der Waals surface area (Å²) in [6.07, 6.45) is 0.288. The molecule has 0 amide bonds. The predicted octanol–water partition coefficient (Wildman–Crippen LogP) is 2.28. The van der Waals surface area contributed by atoms with Crippen LogP contribution in [0.4, 0.5) is 0 Å². The van der Waals surface area contributed by atoms with Crippen LogP contribution in [0.2, 0.25) is 5.02 Å². The summed E-state index contributed by atoms with van der Waals surface area (Å²) in [5.41, 5.74) is 1.98. The van der Waals surface area contributed by atoms with Crippen LogP contribution in [-0.4, -0.2) is 19.7 Å². The van der Waals surface area contributed by atoms with E-state index in [0.29, 0.717) is 10.7 Å². The highest BCUT2D eigenvalue weighted by Gasteiger charge is 2.14. The van der Waals surface area contributed by atoms with E-state index < -0.39 is 0 Å². The maximum atomic E-state index is 12.1. The molecule has 0 bridgehead atoms. The summed E-state index contributed by atoms with van der Waals surface area (Å²) < 4.78 is 1.33. The maximum absolute atomic E-state index is 12.1. The zero-order chi connectivity index (χ0) is 14.3. The first kappa shape index (κ1) is 12.7. The van der Waals surface area contributed by atoms with Gasteiger partial charge in [-0.15, -0.1) is 0 Å². The van der Waals surface area contributed by atoms with Gasteiger partial charge < -0.3 is 10.1 Å². The molecule has 2 N–H and O–H groups in total. The lowest BCUT2D eigenvalue weighted by Gasteiger charge is -2.06. The number of aromatic amines is 1. The highest BCUT2D eigenvalue weighted by molar-refractivity contribution is 6.30. The van der Waals surface area contributed by atoms with Crippen molar-refractivity contribution in [1.29, 1.82) is 0 Å². The molecule has 2 heterocycles. The molecule has 0 aliphatic carbocycles. The zero-order valence-corrected chi connectivity index (χ0v) is 11.5. The van der Waals surface area contributed by atoms with Gasteiger partial charge in [-0.3, -0.25) is 4.79 Å². The topological polar surface area (TPSA) is 70.4 Å². The van der Waals surface area contributed by atoms with Crippen molar-refractivity contribution in [3.63, 3.8) is 0 Å². The minimum Gasteiger partial charge on any atom is -0.493 e. The molecule has 1 aromatic carbocycles. The standard InChI is InChI=1S/C14H12ClN3O2/c1-8-5-12-16-13(19)11(14(20)18(12)17-8)7-9-3-2-4-10(15)6-9/h2-6,20H,7H2,1H3,(H,16,19). The number of fused-ring (bicyclic) bond motifs is 1. The fraction of sp³-hybridized carbons (Fsp3) is 0.143. The molecular weight excluding hydrogens is 278 g/mol. The van der Waals surface area contributed by atoms with Crippen LogP contribution < -0.4 is 5.56 Å². The molecule has 3 rings (SSSR count). The highest BCUT2D eigenvalue weighted by Crippen LogP contribution is 2.19. The lowest BCUT2D eigenvalue weighted by Crippen LogP contribution is -2.16. The van der Waals surface area contributed by atoms with Gasteiger partial charge in [0.15, 0.2) is 0 Å². The van der Waals surface area contributed by atoms with Gasteiger partial charge in [0.05, 0.1) is 11.3 Å². The number of halogens is 1. The van der Waals surface area contributed by atoms with Crippen LogP contribution in [0.5, 0.6) is 5.88 Å². The number of rotatable bonds is 2. The molecule has 20 heavy (non-hydrogen) atoms. The Morgan fingerprint density at radius 2 is 2.20 bits per heavy atom. The van der Waals surface area contributed by atoms with Crippen LogP contribution in [0.3, 0.4) is 0 Å². The molecule has 3 aromatic rings. The molecule has 0 spiro atoms.